The molecule has 0 aromatic heterocycles. The van der Waals surface area contributed by atoms with Gasteiger partial charge in [-0.05, 0) is 76.5 Å². The zero-order valence-corrected chi connectivity index (χ0v) is 19.8. The van der Waals surface area contributed by atoms with Gasteiger partial charge in [0.2, 0.25) is 0 Å². The van der Waals surface area contributed by atoms with Crippen LogP contribution >= 0.6 is 0 Å². The number of hydrogen-bond acceptors (Lipinski definition) is 2. The molecule has 0 fully saturated rings. The van der Waals surface area contributed by atoms with Crippen molar-refractivity contribution in [2.24, 2.45) is 17.3 Å². The third-order valence-corrected chi connectivity index (χ3v) is 7.69. The molecule has 0 amide bonds. The summed E-state index contributed by atoms with van der Waals surface area (Å²) in [6.07, 6.45) is 10.7. The van der Waals surface area contributed by atoms with Crippen LogP contribution in [0.3, 0.4) is 0 Å². The third kappa shape index (κ3) is 6.93. The topological polar surface area (TPSA) is 34.1 Å². The Labute approximate surface area is 170 Å². The number of rotatable bonds is 9. The highest BCUT2D eigenvalue weighted by Crippen LogP contribution is 2.46. The molecule has 1 aliphatic carbocycles. The van der Waals surface area contributed by atoms with Crippen molar-refractivity contribution < 1.29 is 8.42 Å². The Bertz CT molecular complexity index is 654. The van der Waals surface area contributed by atoms with Crippen molar-refractivity contribution in [1.82, 2.24) is 0 Å². The zero-order chi connectivity index (χ0) is 20.8. The molecule has 0 N–H and O–H groups in total. The Hall–Kier alpha value is -0.830. The van der Waals surface area contributed by atoms with Crippen LogP contribution in [0.4, 0.5) is 0 Å². The standard InChI is InChI=1S/C24H42O2S/c1-9-22(27(25)26)16-17(2)12-10-13-18(3)20(5)21(6)23-19(4)14-11-15-24(23,7)8/h13,16,20-22,27H,9-12,14-15H2,1-8H3/b17-16+,18-13+. The molecule has 2 nitrogen and oxygen atoms in total. The monoisotopic (exact) mass is 394 g/mol. The van der Waals surface area contributed by atoms with Crippen molar-refractivity contribution in [3.05, 3.63) is 34.4 Å². The maximum atomic E-state index is 11.2. The Kier molecular flexibility index (Phi) is 9.54. The SMILES string of the molecule is CCC(/C=C(\C)CC/C=C(\C)C(C)C(C)C1=C(C)CCCC1(C)C)[SH](=O)=O. The van der Waals surface area contributed by atoms with Crippen molar-refractivity contribution in [3.8, 4) is 0 Å². The van der Waals surface area contributed by atoms with Gasteiger partial charge in [-0.2, -0.15) is 0 Å². The summed E-state index contributed by atoms with van der Waals surface area (Å²) >= 11 is 0. The average molecular weight is 395 g/mol. The number of allylic oxidation sites excluding steroid dienone is 5. The predicted molar refractivity (Wildman–Crippen MR) is 120 cm³/mol. The van der Waals surface area contributed by atoms with Crippen LogP contribution in [-0.2, 0) is 10.7 Å². The van der Waals surface area contributed by atoms with E-state index in [0.29, 0.717) is 23.7 Å². The molecule has 0 saturated carbocycles. The van der Waals surface area contributed by atoms with E-state index < -0.39 is 10.7 Å². The van der Waals surface area contributed by atoms with Crippen LogP contribution in [0.1, 0.15) is 93.9 Å². The maximum absolute atomic E-state index is 11.2. The molecule has 3 unspecified atom stereocenters. The smallest absolute Gasteiger partial charge is 0.146 e. The van der Waals surface area contributed by atoms with Crippen LogP contribution in [0, 0.1) is 17.3 Å². The van der Waals surface area contributed by atoms with E-state index in [-0.39, 0.29) is 5.25 Å². The molecule has 0 bridgehead atoms. The van der Waals surface area contributed by atoms with Gasteiger partial charge in [-0.1, -0.05) is 69.1 Å². The summed E-state index contributed by atoms with van der Waals surface area (Å²) < 4.78 is 22.4. The molecule has 1 aliphatic rings. The van der Waals surface area contributed by atoms with Crippen LogP contribution in [0.5, 0.6) is 0 Å². The minimum absolute atomic E-state index is 0.313. The van der Waals surface area contributed by atoms with Gasteiger partial charge in [-0.3, -0.25) is 0 Å². The molecule has 3 heteroatoms. The summed E-state index contributed by atoms with van der Waals surface area (Å²) in [6.45, 7) is 18.1. The largest absolute Gasteiger partial charge is 0.231 e. The second kappa shape index (κ2) is 10.6. The molecule has 0 aliphatic heterocycles. The Morgan fingerprint density at radius 1 is 1.22 bits per heavy atom. The molecule has 0 saturated heterocycles. The van der Waals surface area contributed by atoms with Crippen LogP contribution in [0.2, 0.25) is 0 Å². The summed E-state index contributed by atoms with van der Waals surface area (Å²) in [6, 6.07) is 0. The Morgan fingerprint density at radius 3 is 2.37 bits per heavy atom. The molecule has 0 aromatic rings. The summed E-state index contributed by atoms with van der Waals surface area (Å²) in [5, 5.41) is -0.313. The molecule has 0 radical (unpaired) electrons. The lowest BCUT2D eigenvalue weighted by Gasteiger charge is -2.40. The van der Waals surface area contributed by atoms with Gasteiger partial charge in [0.25, 0.3) is 0 Å². The summed E-state index contributed by atoms with van der Waals surface area (Å²) in [7, 11) is -2.36. The molecular weight excluding hydrogens is 352 g/mol. The van der Waals surface area contributed by atoms with E-state index in [1.165, 1.54) is 30.4 Å². The molecule has 0 aromatic carbocycles. The third-order valence-electron chi connectivity index (χ3n) is 6.64. The lowest BCUT2D eigenvalue weighted by molar-refractivity contribution is 0.304. The van der Waals surface area contributed by atoms with Gasteiger partial charge in [0.15, 0.2) is 0 Å². The highest BCUT2D eigenvalue weighted by atomic mass is 32.2. The first-order valence-corrected chi connectivity index (χ1v) is 11.9. The average Bonchev–Trinajstić information content (AvgIpc) is 2.57. The number of thiol groups is 1. The first-order valence-electron chi connectivity index (χ1n) is 10.7. The van der Waals surface area contributed by atoms with E-state index in [0.717, 1.165) is 12.8 Å². The van der Waals surface area contributed by atoms with Gasteiger partial charge in [0.1, 0.15) is 10.7 Å². The van der Waals surface area contributed by atoms with E-state index in [1.807, 2.05) is 13.0 Å². The van der Waals surface area contributed by atoms with Crippen molar-refractivity contribution in [3.63, 3.8) is 0 Å². The second-order valence-electron chi connectivity index (χ2n) is 9.27. The summed E-state index contributed by atoms with van der Waals surface area (Å²) in [5.74, 6) is 1.11. The normalized spacial score (nSPS) is 22.1. The van der Waals surface area contributed by atoms with Crippen LogP contribution in [-0.4, -0.2) is 13.7 Å². The minimum atomic E-state index is -2.36. The quantitative estimate of drug-likeness (QED) is 0.343. The number of hydrogen-bond donors (Lipinski definition) is 1. The van der Waals surface area contributed by atoms with Gasteiger partial charge in [0, 0.05) is 0 Å². The van der Waals surface area contributed by atoms with E-state index in [9.17, 15) is 8.42 Å². The van der Waals surface area contributed by atoms with Gasteiger partial charge < -0.3 is 0 Å². The lowest BCUT2D eigenvalue weighted by atomic mass is 9.65. The predicted octanol–water partition coefficient (Wildman–Crippen LogP) is 6.85. The van der Waals surface area contributed by atoms with Crippen LogP contribution < -0.4 is 0 Å². The van der Waals surface area contributed by atoms with E-state index in [1.54, 1.807) is 11.1 Å². The van der Waals surface area contributed by atoms with E-state index >= 15 is 0 Å². The van der Waals surface area contributed by atoms with Crippen molar-refractivity contribution in [1.29, 1.82) is 0 Å². The van der Waals surface area contributed by atoms with Gasteiger partial charge in [0.05, 0.1) is 5.25 Å². The highest BCUT2D eigenvalue weighted by Gasteiger charge is 2.33. The van der Waals surface area contributed by atoms with Crippen molar-refractivity contribution >= 4 is 10.7 Å². The first-order chi connectivity index (χ1) is 12.5. The summed E-state index contributed by atoms with van der Waals surface area (Å²) in [5.41, 5.74) is 6.24. The highest BCUT2D eigenvalue weighted by molar-refractivity contribution is 7.73. The van der Waals surface area contributed by atoms with Gasteiger partial charge in [-0.15, -0.1) is 0 Å². The van der Waals surface area contributed by atoms with Crippen molar-refractivity contribution in [2.45, 2.75) is 99.2 Å². The molecule has 0 spiro atoms. The fourth-order valence-corrected chi connectivity index (χ4v) is 5.42. The summed E-state index contributed by atoms with van der Waals surface area (Å²) in [4.78, 5) is 0. The van der Waals surface area contributed by atoms with Crippen LogP contribution in [0.15, 0.2) is 34.4 Å². The molecular formula is C24H42O2S. The Morgan fingerprint density at radius 2 is 1.85 bits per heavy atom. The fraction of sp³-hybridized carbons (Fsp3) is 0.750. The maximum Gasteiger partial charge on any atom is 0.146 e. The van der Waals surface area contributed by atoms with Gasteiger partial charge >= 0.3 is 0 Å². The molecule has 27 heavy (non-hydrogen) atoms. The lowest BCUT2D eigenvalue weighted by Crippen LogP contribution is -2.28. The molecule has 156 valence electrons. The van der Waals surface area contributed by atoms with E-state index in [2.05, 4.69) is 54.5 Å². The van der Waals surface area contributed by atoms with Crippen molar-refractivity contribution in [2.75, 3.05) is 0 Å². The molecule has 1 rings (SSSR count). The second-order valence-corrected chi connectivity index (χ2v) is 10.5. The fourth-order valence-electron chi connectivity index (χ4n) is 4.74. The first kappa shape index (κ1) is 24.2. The zero-order valence-electron chi connectivity index (χ0n) is 18.9. The minimum Gasteiger partial charge on any atom is -0.231 e. The molecule has 0 heterocycles. The van der Waals surface area contributed by atoms with E-state index in [4.69, 9.17) is 0 Å². The van der Waals surface area contributed by atoms with Crippen LogP contribution in [0.25, 0.3) is 0 Å². The molecule has 3 atom stereocenters. The Balaban J connectivity index is 2.78. The van der Waals surface area contributed by atoms with Gasteiger partial charge in [-0.25, -0.2) is 8.42 Å².